The monoisotopic (exact) mass is 332 g/mol. The number of aromatic amines is 1. The first kappa shape index (κ1) is 17.2. The van der Waals surface area contributed by atoms with E-state index in [2.05, 4.69) is 55.9 Å². The summed E-state index contributed by atoms with van der Waals surface area (Å²) in [5.74, 6) is 0. The predicted molar refractivity (Wildman–Crippen MR) is 104 cm³/mol. The normalized spacial score (nSPS) is 11.6. The van der Waals surface area contributed by atoms with E-state index in [1.54, 1.807) is 18.5 Å². The molecule has 0 aliphatic carbocycles. The highest BCUT2D eigenvalue weighted by Crippen LogP contribution is 2.29. The minimum atomic E-state index is 0.0125. The molecule has 3 heteroatoms. The van der Waals surface area contributed by atoms with Crippen molar-refractivity contribution < 1.29 is 0 Å². The molecule has 3 rings (SSSR count). The Morgan fingerprint density at radius 2 is 1.80 bits per heavy atom. The molecule has 0 unspecified atom stereocenters. The fourth-order valence-corrected chi connectivity index (χ4v) is 3.14. The largest absolute Gasteiger partial charge is 0.358 e. The summed E-state index contributed by atoms with van der Waals surface area (Å²) in [4.78, 5) is 20.2. The maximum Gasteiger partial charge on any atom is 0.190 e. The van der Waals surface area contributed by atoms with Crippen LogP contribution in [-0.2, 0) is 5.41 Å². The first-order valence-electron chi connectivity index (χ1n) is 8.53. The molecule has 0 aliphatic rings. The summed E-state index contributed by atoms with van der Waals surface area (Å²) in [5.41, 5.74) is 6.87. The molecule has 1 N–H and O–H groups in total. The second-order valence-corrected chi connectivity index (χ2v) is 7.57. The van der Waals surface area contributed by atoms with Gasteiger partial charge in [0.15, 0.2) is 5.43 Å². The fraction of sp³-hybridized carbons (Fsp3) is 0.273. The molecule has 128 valence electrons. The van der Waals surface area contributed by atoms with Gasteiger partial charge < -0.3 is 4.98 Å². The molecule has 0 spiro atoms. The first-order chi connectivity index (χ1) is 11.8. The Kier molecular flexibility index (Phi) is 4.34. The van der Waals surface area contributed by atoms with Gasteiger partial charge in [-0.3, -0.25) is 9.78 Å². The minimum Gasteiger partial charge on any atom is -0.358 e. The van der Waals surface area contributed by atoms with Crippen LogP contribution < -0.4 is 5.43 Å². The molecular formula is C22H24N2O. The van der Waals surface area contributed by atoms with Crippen molar-refractivity contribution in [2.75, 3.05) is 0 Å². The highest BCUT2D eigenvalue weighted by Gasteiger charge is 2.16. The van der Waals surface area contributed by atoms with Gasteiger partial charge in [0.2, 0.25) is 0 Å². The molecule has 0 fully saturated rings. The molecule has 0 bridgehead atoms. The lowest BCUT2D eigenvalue weighted by Crippen LogP contribution is -2.12. The summed E-state index contributed by atoms with van der Waals surface area (Å²) < 4.78 is 0. The maximum absolute atomic E-state index is 12.7. The molecule has 0 amide bonds. The van der Waals surface area contributed by atoms with Crippen LogP contribution in [0, 0.1) is 13.8 Å². The number of aromatic nitrogens is 2. The third-order valence-electron chi connectivity index (χ3n) is 4.55. The number of aryl methyl sites for hydroxylation is 2. The van der Waals surface area contributed by atoms with Gasteiger partial charge in [0.1, 0.15) is 0 Å². The van der Waals surface area contributed by atoms with Crippen LogP contribution in [0.15, 0.2) is 53.6 Å². The van der Waals surface area contributed by atoms with Gasteiger partial charge >= 0.3 is 0 Å². The van der Waals surface area contributed by atoms with Crippen LogP contribution in [0.3, 0.4) is 0 Å². The third-order valence-corrected chi connectivity index (χ3v) is 4.55. The van der Waals surface area contributed by atoms with Crippen molar-refractivity contribution in [3.63, 3.8) is 0 Å². The van der Waals surface area contributed by atoms with Gasteiger partial charge in [-0.2, -0.15) is 0 Å². The van der Waals surface area contributed by atoms with E-state index in [1.807, 2.05) is 19.1 Å². The van der Waals surface area contributed by atoms with Crippen molar-refractivity contribution in [1.82, 2.24) is 9.97 Å². The van der Waals surface area contributed by atoms with Gasteiger partial charge in [0.25, 0.3) is 0 Å². The highest BCUT2D eigenvalue weighted by molar-refractivity contribution is 5.70. The van der Waals surface area contributed by atoms with Crippen molar-refractivity contribution in [2.24, 2.45) is 0 Å². The zero-order valence-electron chi connectivity index (χ0n) is 15.5. The molecule has 25 heavy (non-hydrogen) atoms. The summed E-state index contributed by atoms with van der Waals surface area (Å²) >= 11 is 0. The Bertz CT molecular complexity index is 964. The van der Waals surface area contributed by atoms with Crippen LogP contribution in [0.5, 0.6) is 0 Å². The van der Waals surface area contributed by atoms with Gasteiger partial charge in [-0.25, -0.2) is 0 Å². The maximum atomic E-state index is 12.7. The third kappa shape index (κ3) is 3.41. The molecule has 2 heterocycles. The van der Waals surface area contributed by atoms with Crippen LogP contribution in [-0.4, -0.2) is 9.97 Å². The quantitative estimate of drug-likeness (QED) is 0.716. The summed E-state index contributed by atoms with van der Waals surface area (Å²) in [5, 5.41) is 0. The summed E-state index contributed by atoms with van der Waals surface area (Å²) in [6.07, 6.45) is 3.43. The molecule has 0 aliphatic heterocycles. The van der Waals surface area contributed by atoms with Crippen LogP contribution in [0.2, 0.25) is 0 Å². The Morgan fingerprint density at radius 3 is 2.36 bits per heavy atom. The molecular weight excluding hydrogens is 308 g/mol. The van der Waals surface area contributed by atoms with E-state index in [0.29, 0.717) is 5.56 Å². The summed E-state index contributed by atoms with van der Waals surface area (Å²) in [6.45, 7) is 10.6. The average Bonchev–Trinajstić information content (AvgIpc) is 2.54. The average molecular weight is 332 g/mol. The van der Waals surface area contributed by atoms with E-state index < -0.39 is 0 Å². The molecule has 0 atom stereocenters. The van der Waals surface area contributed by atoms with E-state index in [4.69, 9.17) is 0 Å². The Hall–Kier alpha value is -2.68. The molecule has 3 nitrogen and oxygen atoms in total. The van der Waals surface area contributed by atoms with E-state index in [1.165, 1.54) is 5.56 Å². The molecule has 0 radical (unpaired) electrons. The topological polar surface area (TPSA) is 45.8 Å². The van der Waals surface area contributed by atoms with Crippen molar-refractivity contribution in [1.29, 1.82) is 0 Å². The van der Waals surface area contributed by atoms with Gasteiger partial charge in [-0.15, -0.1) is 0 Å². The molecule has 1 aromatic carbocycles. The molecule has 2 aromatic heterocycles. The van der Waals surface area contributed by atoms with Gasteiger partial charge in [-0.05, 0) is 36.5 Å². The van der Waals surface area contributed by atoms with E-state index in [-0.39, 0.29) is 10.8 Å². The van der Waals surface area contributed by atoms with E-state index in [0.717, 1.165) is 28.1 Å². The van der Waals surface area contributed by atoms with Crippen molar-refractivity contribution in [2.45, 2.75) is 40.0 Å². The van der Waals surface area contributed by atoms with Crippen molar-refractivity contribution >= 4 is 0 Å². The van der Waals surface area contributed by atoms with Crippen molar-refractivity contribution in [3.8, 4) is 22.4 Å². The Morgan fingerprint density at radius 1 is 1.04 bits per heavy atom. The van der Waals surface area contributed by atoms with E-state index >= 15 is 0 Å². The second-order valence-electron chi connectivity index (χ2n) is 7.57. The van der Waals surface area contributed by atoms with Crippen LogP contribution in [0.25, 0.3) is 22.4 Å². The van der Waals surface area contributed by atoms with E-state index in [9.17, 15) is 4.79 Å². The van der Waals surface area contributed by atoms with Crippen LogP contribution in [0.1, 0.15) is 37.6 Å². The predicted octanol–water partition coefficient (Wildman–Crippen LogP) is 5.02. The van der Waals surface area contributed by atoms with Crippen LogP contribution in [0.4, 0.5) is 0 Å². The number of hydrogen-bond donors (Lipinski definition) is 1. The number of benzene rings is 1. The number of rotatable bonds is 2. The lowest BCUT2D eigenvalue weighted by atomic mass is 9.85. The number of nitrogens with zero attached hydrogens (tertiary/aromatic N) is 1. The van der Waals surface area contributed by atoms with Crippen molar-refractivity contribution in [3.05, 3.63) is 75.8 Å². The highest BCUT2D eigenvalue weighted by atomic mass is 16.1. The lowest BCUT2D eigenvalue weighted by Gasteiger charge is -2.21. The Labute approximate surface area is 148 Å². The standard InChI is InChI=1S/C22H24N2O/c1-14-11-17(22(3,4)5)8-9-18(14)19-12-20(25)21(15(2)24-19)16-7-6-10-23-13-16/h6-13H,1-5H3,(H,24,25). The number of nitrogens with one attached hydrogen (secondary N) is 1. The molecule has 0 saturated heterocycles. The summed E-state index contributed by atoms with van der Waals surface area (Å²) in [7, 11) is 0. The Balaban J connectivity index is 2.10. The molecule has 0 saturated carbocycles. The number of pyridine rings is 2. The van der Waals surface area contributed by atoms with Crippen LogP contribution >= 0.6 is 0 Å². The first-order valence-corrected chi connectivity index (χ1v) is 8.53. The fourth-order valence-electron chi connectivity index (χ4n) is 3.14. The van der Waals surface area contributed by atoms with Gasteiger partial charge in [0.05, 0.1) is 0 Å². The smallest absolute Gasteiger partial charge is 0.190 e. The van der Waals surface area contributed by atoms with Gasteiger partial charge in [-0.1, -0.05) is 45.0 Å². The second kappa shape index (κ2) is 6.32. The minimum absolute atomic E-state index is 0.0125. The van der Waals surface area contributed by atoms with Gasteiger partial charge in [0, 0.05) is 46.5 Å². The summed E-state index contributed by atoms with van der Waals surface area (Å²) in [6, 6.07) is 11.9. The zero-order valence-corrected chi connectivity index (χ0v) is 15.5. The number of hydrogen-bond acceptors (Lipinski definition) is 2. The SMILES string of the molecule is Cc1cc(C(C)(C)C)ccc1-c1cc(=O)c(-c2cccnc2)c(C)[nH]1. The lowest BCUT2D eigenvalue weighted by molar-refractivity contribution is 0.590. The number of H-pyrrole nitrogens is 1. The molecule has 3 aromatic rings. The zero-order chi connectivity index (χ0) is 18.2.